The molecule has 0 amide bonds. The van der Waals surface area contributed by atoms with E-state index in [0.29, 0.717) is 5.02 Å². The molecule has 3 nitrogen and oxygen atoms in total. The molecule has 0 radical (unpaired) electrons. The maximum atomic E-state index is 9.87. The summed E-state index contributed by atoms with van der Waals surface area (Å²) in [6, 6.07) is 3.67. The number of aromatic nitrogens is 2. The van der Waals surface area contributed by atoms with Gasteiger partial charge in [-0.25, -0.2) is 4.98 Å². The number of nitrogens with zero attached hydrogens (tertiary/aromatic N) is 2. The van der Waals surface area contributed by atoms with Crippen molar-refractivity contribution < 1.29 is 5.11 Å². The maximum Gasteiger partial charge on any atom is 0.142 e. The van der Waals surface area contributed by atoms with Crippen molar-refractivity contribution in [3.05, 3.63) is 33.9 Å². The quantitative estimate of drug-likeness (QED) is 0.862. The molecule has 0 aromatic carbocycles. The van der Waals surface area contributed by atoms with Gasteiger partial charge in [-0.1, -0.05) is 11.6 Å². The summed E-state index contributed by atoms with van der Waals surface area (Å²) in [6.45, 7) is 0. The molecular formula is C12H11ClN2OS. The van der Waals surface area contributed by atoms with Crippen molar-refractivity contribution >= 4 is 22.9 Å². The van der Waals surface area contributed by atoms with Crippen molar-refractivity contribution in [2.75, 3.05) is 0 Å². The molecule has 1 N–H and O–H groups in total. The standard InChI is InChI=1S/C12H11ClN2OS/c13-7-4-5-8(14-6-7)12-15-11-9(16)2-1-3-10(11)17-12/h4-6,9,16H,1-3H2. The molecule has 5 heteroatoms. The molecule has 17 heavy (non-hydrogen) atoms. The number of thiazole rings is 1. The molecule has 0 aliphatic heterocycles. The molecule has 2 heterocycles. The number of hydrogen-bond acceptors (Lipinski definition) is 4. The Kier molecular flexibility index (Phi) is 2.86. The van der Waals surface area contributed by atoms with Gasteiger partial charge < -0.3 is 5.11 Å². The Morgan fingerprint density at radius 1 is 1.41 bits per heavy atom. The summed E-state index contributed by atoms with van der Waals surface area (Å²) in [5, 5.41) is 11.4. The average molecular weight is 267 g/mol. The van der Waals surface area contributed by atoms with Crippen LogP contribution in [0, 0.1) is 0 Å². The topological polar surface area (TPSA) is 46.0 Å². The summed E-state index contributed by atoms with van der Waals surface area (Å²) in [4.78, 5) is 9.94. The van der Waals surface area contributed by atoms with Crippen LogP contribution in [0.2, 0.25) is 5.02 Å². The zero-order valence-electron chi connectivity index (χ0n) is 9.06. The number of aryl methyl sites for hydroxylation is 1. The molecule has 1 aliphatic carbocycles. The third-order valence-electron chi connectivity index (χ3n) is 2.87. The van der Waals surface area contributed by atoms with Gasteiger partial charge in [0.25, 0.3) is 0 Å². The Morgan fingerprint density at radius 2 is 2.29 bits per heavy atom. The molecule has 88 valence electrons. The SMILES string of the molecule is OC1CCCc2sc(-c3ccc(Cl)cn3)nc21. The van der Waals surface area contributed by atoms with Gasteiger partial charge in [-0.15, -0.1) is 11.3 Å². The molecule has 1 aliphatic rings. The van der Waals surface area contributed by atoms with Crippen LogP contribution in [-0.2, 0) is 6.42 Å². The Balaban J connectivity index is 2.02. The molecule has 2 aromatic rings. The van der Waals surface area contributed by atoms with E-state index in [0.717, 1.165) is 35.7 Å². The van der Waals surface area contributed by atoms with E-state index in [-0.39, 0.29) is 0 Å². The highest BCUT2D eigenvalue weighted by molar-refractivity contribution is 7.15. The number of aliphatic hydroxyl groups excluding tert-OH is 1. The molecule has 0 fully saturated rings. The predicted octanol–water partition coefficient (Wildman–Crippen LogP) is 3.23. The second kappa shape index (κ2) is 4.37. The second-order valence-corrected chi connectivity index (χ2v) is 5.62. The van der Waals surface area contributed by atoms with Crippen molar-refractivity contribution in [1.82, 2.24) is 9.97 Å². The molecule has 0 bridgehead atoms. The third-order valence-corrected chi connectivity index (χ3v) is 4.25. The van der Waals surface area contributed by atoms with E-state index in [1.54, 1.807) is 23.6 Å². The van der Waals surface area contributed by atoms with Gasteiger partial charge in [0.2, 0.25) is 0 Å². The second-order valence-electron chi connectivity index (χ2n) is 4.10. The fourth-order valence-electron chi connectivity index (χ4n) is 2.01. The Labute approximate surface area is 108 Å². The summed E-state index contributed by atoms with van der Waals surface area (Å²) >= 11 is 7.43. The van der Waals surface area contributed by atoms with Crippen LogP contribution in [0.25, 0.3) is 10.7 Å². The van der Waals surface area contributed by atoms with Crippen molar-refractivity contribution in [3.8, 4) is 10.7 Å². The first kappa shape index (κ1) is 11.1. The van der Waals surface area contributed by atoms with Gasteiger partial charge in [-0.2, -0.15) is 0 Å². The van der Waals surface area contributed by atoms with Crippen molar-refractivity contribution in [2.45, 2.75) is 25.4 Å². The predicted molar refractivity (Wildman–Crippen MR) is 68.3 cm³/mol. The lowest BCUT2D eigenvalue weighted by atomic mass is 10.0. The largest absolute Gasteiger partial charge is 0.387 e. The van der Waals surface area contributed by atoms with E-state index in [1.165, 1.54) is 4.88 Å². The zero-order valence-corrected chi connectivity index (χ0v) is 10.6. The molecule has 0 saturated heterocycles. The average Bonchev–Trinajstić information content (AvgIpc) is 2.75. The highest BCUT2D eigenvalue weighted by Crippen LogP contribution is 2.36. The van der Waals surface area contributed by atoms with Gasteiger partial charge in [-0.05, 0) is 31.4 Å². The Hall–Kier alpha value is -0.970. The molecule has 3 rings (SSSR count). The van der Waals surface area contributed by atoms with Crippen molar-refractivity contribution in [3.63, 3.8) is 0 Å². The first-order valence-electron chi connectivity index (χ1n) is 5.53. The lowest BCUT2D eigenvalue weighted by Crippen LogP contribution is -2.07. The summed E-state index contributed by atoms with van der Waals surface area (Å²) in [7, 11) is 0. The van der Waals surface area contributed by atoms with Gasteiger partial charge in [-0.3, -0.25) is 4.98 Å². The zero-order chi connectivity index (χ0) is 11.8. The van der Waals surface area contributed by atoms with E-state index in [4.69, 9.17) is 11.6 Å². The number of rotatable bonds is 1. The fourth-order valence-corrected chi connectivity index (χ4v) is 3.25. The van der Waals surface area contributed by atoms with E-state index in [1.807, 2.05) is 6.07 Å². The molecule has 0 spiro atoms. The van der Waals surface area contributed by atoms with Crippen molar-refractivity contribution in [2.24, 2.45) is 0 Å². The first-order valence-corrected chi connectivity index (χ1v) is 6.73. The van der Waals surface area contributed by atoms with Crippen LogP contribution >= 0.6 is 22.9 Å². The monoisotopic (exact) mass is 266 g/mol. The fraction of sp³-hybridized carbons (Fsp3) is 0.333. The van der Waals surface area contributed by atoms with Crippen LogP contribution in [0.3, 0.4) is 0 Å². The highest BCUT2D eigenvalue weighted by Gasteiger charge is 2.23. The minimum atomic E-state index is -0.406. The van der Waals surface area contributed by atoms with Crippen LogP contribution in [0.15, 0.2) is 18.3 Å². The van der Waals surface area contributed by atoms with Gasteiger partial charge in [0.1, 0.15) is 5.01 Å². The number of halogens is 1. The van der Waals surface area contributed by atoms with Crippen LogP contribution in [0.1, 0.15) is 29.5 Å². The van der Waals surface area contributed by atoms with Crippen LogP contribution < -0.4 is 0 Å². The van der Waals surface area contributed by atoms with E-state index >= 15 is 0 Å². The number of aliphatic hydroxyl groups is 1. The van der Waals surface area contributed by atoms with Crippen molar-refractivity contribution in [1.29, 1.82) is 0 Å². The van der Waals surface area contributed by atoms with Crippen LogP contribution in [0.4, 0.5) is 0 Å². The third kappa shape index (κ3) is 2.08. The summed E-state index contributed by atoms with van der Waals surface area (Å²) in [5.41, 5.74) is 1.66. The lowest BCUT2D eigenvalue weighted by molar-refractivity contribution is 0.153. The van der Waals surface area contributed by atoms with E-state index < -0.39 is 6.10 Å². The minimum Gasteiger partial charge on any atom is -0.387 e. The number of fused-ring (bicyclic) bond motifs is 1. The first-order chi connectivity index (χ1) is 8.24. The smallest absolute Gasteiger partial charge is 0.142 e. The molecule has 1 unspecified atom stereocenters. The van der Waals surface area contributed by atoms with Gasteiger partial charge in [0.15, 0.2) is 0 Å². The van der Waals surface area contributed by atoms with E-state index in [9.17, 15) is 5.11 Å². The summed E-state index contributed by atoms with van der Waals surface area (Å²) in [6.07, 6.45) is 4.07. The van der Waals surface area contributed by atoms with Gasteiger partial charge in [0.05, 0.1) is 22.5 Å². The Morgan fingerprint density at radius 3 is 3.00 bits per heavy atom. The molecule has 1 atom stereocenters. The maximum absolute atomic E-state index is 9.87. The lowest BCUT2D eigenvalue weighted by Gasteiger charge is -2.14. The Bertz CT molecular complexity index is 538. The summed E-state index contributed by atoms with van der Waals surface area (Å²) < 4.78 is 0. The molecule has 2 aromatic heterocycles. The highest BCUT2D eigenvalue weighted by atomic mass is 35.5. The minimum absolute atomic E-state index is 0.406. The molecule has 0 saturated carbocycles. The van der Waals surface area contributed by atoms with Crippen LogP contribution in [-0.4, -0.2) is 15.1 Å². The number of hydrogen-bond donors (Lipinski definition) is 1. The van der Waals surface area contributed by atoms with Gasteiger partial charge in [0, 0.05) is 11.1 Å². The molecular weight excluding hydrogens is 256 g/mol. The van der Waals surface area contributed by atoms with E-state index in [2.05, 4.69) is 9.97 Å². The van der Waals surface area contributed by atoms with Gasteiger partial charge >= 0.3 is 0 Å². The summed E-state index contributed by atoms with van der Waals surface area (Å²) in [5.74, 6) is 0. The normalized spacial score (nSPS) is 19.1. The van der Waals surface area contributed by atoms with Crippen LogP contribution in [0.5, 0.6) is 0 Å². The number of pyridine rings is 1.